The highest BCUT2D eigenvalue weighted by atomic mass is 19.1. The first kappa shape index (κ1) is 21.9. The topological polar surface area (TPSA) is 99.0 Å². The van der Waals surface area contributed by atoms with E-state index in [4.69, 9.17) is 18.7 Å². The minimum atomic E-state index is -0.469. The molecule has 10 heteroatoms. The van der Waals surface area contributed by atoms with Crippen molar-refractivity contribution in [1.82, 2.24) is 15.0 Å². The maximum atomic E-state index is 13.6. The first-order valence-electron chi connectivity index (χ1n) is 9.42. The molecule has 2 aromatic carbocycles. The van der Waals surface area contributed by atoms with Crippen LogP contribution in [0.4, 0.5) is 14.9 Å². The van der Waals surface area contributed by atoms with Crippen molar-refractivity contribution in [2.45, 2.75) is 13.0 Å². The van der Waals surface area contributed by atoms with Gasteiger partial charge in [0.15, 0.2) is 24.0 Å². The van der Waals surface area contributed by atoms with Crippen molar-refractivity contribution in [3.63, 3.8) is 0 Å². The van der Waals surface area contributed by atoms with Crippen LogP contribution in [0.3, 0.4) is 0 Å². The number of carbonyl (C=O) groups is 1. The van der Waals surface area contributed by atoms with Gasteiger partial charge in [-0.2, -0.15) is 4.98 Å². The van der Waals surface area contributed by atoms with E-state index in [1.807, 2.05) is 0 Å². The fourth-order valence-electron chi connectivity index (χ4n) is 2.62. The molecular formula is C21H23FN4O5. The van der Waals surface area contributed by atoms with Gasteiger partial charge >= 0.3 is 6.03 Å². The lowest BCUT2D eigenvalue weighted by Crippen LogP contribution is -2.33. The quantitative estimate of drug-likeness (QED) is 0.555. The van der Waals surface area contributed by atoms with E-state index < -0.39 is 5.82 Å². The number of nitrogens with zero attached hydrogens (tertiary/aromatic N) is 3. The minimum Gasteiger partial charge on any atom is -0.497 e. The molecule has 0 atom stereocenters. The van der Waals surface area contributed by atoms with Gasteiger partial charge in [-0.05, 0) is 12.1 Å². The smallest absolute Gasteiger partial charge is 0.321 e. The zero-order chi connectivity index (χ0) is 22.2. The Kier molecular flexibility index (Phi) is 7.26. The highest BCUT2D eigenvalue weighted by Gasteiger charge is 2.14. The molecule has 0 aliphatic rings. The molecule has 9 nitrogen and oxygen atoms in total. The van der Waals surface area contributed by atoms with Crippen molar-refractivity contribution in [2.75, 3.05) is 33.1 Å². The molecule has 0 aliphatic heterocycles. The number of halogens is 1. The van der Waals surface area contributed by atoms with Gasteiger partial charge in [-0.15, -0.1) is 0 Å². The Bertz CT molecular complexity index is 1000. The summed E-state index contributed by atoms with van der Waals surface area (Å²) in [5, 5.41) is 6.64. The van der Waals surface area contributed by atoms with Gasteiger partial charge in [0.25, 0.3) is 5.89 Å². The summed E-state index contributed by atoms with van der Waals surface area (Å²) in [5.41, 5.74) is 0.542. The summed E-state index contributed by atoms with van der Waals surface area (Å²) in [4.78, 5) is 18.1. The van der Waals surface area contributed by atoms with Crippen LogP contribution in [0, 0.1) is 5.82 Å². The number of methoxy groups -OCH3 is 2. The zero-order valence-corrected chi connectivity index (χ0v) is 17.4. The predicted octanol–water partition coefficient (Wildman–Crippen LogP) is 3.51. The molecule has 0 saturated heterocycles. The van der Waals surface area contributed by atoms with Crippen LogP contribution in [0.15, 0.2) is 47.0 Å². The molecule has 0 fully saturated rings. The van der Waals surface area contributed by atoms with Crippen LogP contribution in [0.2, 0.25) is 0 Å². The third-order valence-corrected chi connectivity index (χ3v) is 4.32. The molecule has 1 aromatic heterocycles. The van der Waals surface area contributed by atoms with Crippen LogP contribution in [-0.2, 0) is 13.0 Å². The van der Waals surface area contributed by atoms with Crippen molar-refractivity contribution in [2.24, 2.45) is 0 Å². The number of anilines is 1. The van der Waals surface area contributed by atoms with E-state index in [1.54, 1.807) is 37.4 Å². The number of ether oxygens (including phenoxy) is 3. The molecule has 0 unspecified atom stereocenters. The van der Waals surface area contributed by atoms with Crippen LogP contribution >= 0.6 is 0 Å². The molecule has 0 spiro atoms. The Hall–Kier alpha value is -3.82. The molecule has 1 heterocycles. The number of para-hydroxylation sites is 1. The number of hydrogen-bond acceptors (Lipinski definition) is 7. The van der Waals surface area contributed by atoms with E-state index in [0.717, 1.165) is 0 Å². The number of rotatable bonds is 9. The number of carbonyl (C=O) groups excluding carboxylic acids is 1. The lowest BCUT2D eigenvalue weighted by molar-refractivity contribution is 0.222. The van der Waals surface area contributed by atoms with Crippen molar-refractivity contribution < 1.29 is 27.9 Å². The Labute approximate surface area is 178 Å². The van der Waals surface area contributed by atoms with E-state index in [-0.39, 0.29) is 24.3 Å². The second kappa shape index (κ2) is 10.3. The summed E-state index contributed by atoms with van der Waals surface area (Å²) >= 11 is 0. The van der Waals surface area contributed by atoms with Gasteiger partial charge < -0.3 is 29.0 Å². The zero-order valence-electron chi connectivity index (χ0n) is 17.4. The second-order valence-electron chi connectivity index (χ2n) is 6.53. The highest BCUT2D eigenvalue weighted by molar-refractivity contribution is 5.89. The van der Waals surface area contributed by atoms with Crippen molar-refractivity contribution in [3.05, 3.63) is 60.0 Å². The average Bonchev–Trinajstić information content (AvgIpc) is 3.24. The SMILES string of the molecule is COc1cc(NC(=O)N(C)CCc2noc(COc3ccccc3F)n2)cc(OC)c1. The number of nitrogens with one attached hydrogen (secondary N) is 1. The van der Waals surface area contributed by atoms with Gasteiger partial charge in [0.1, 0.15) is 11.5 Å². The Balaban J connectivity index is 1.50. The second-order valence-corrected chi connectivity index (χ2v) is 6.53. The number of likely N-dealkylation sites (N-methyl/N-ethyl adjacent to an activating group) is 1. The number of aromatic nitrogens is 2. The first-order valence-corrected chi connectivity index (χ1v) is 9.42. The molecule has 31 heavy (non-hydrogen) atoms. The van der Waals surface area contributed by atoms with Crippen molar-refractivity contribution >= 4 is 11.7 Å². The lowest BCUT2D eigenvalue weighted by Gasteiger charge is -2.17. The van der Waals surface area contributed by atoms with E-state index in [9.17, 15) is 9.18 Å². The largest absolute Gasteiger partial charge is 0.497 e. The van der Waals surface area contributed by atoms with Gasteiger partial charge in [0.2, 0.25) is 0 Å². The van der Waals surface area contributed by atoms with E-state index in [2.05, 4.69) is 15.5 Å². The molecule has 1 N–H and O–H groups in total. The molecule has 0 saturated carbocycles. The summed E-state index contributed by atoms with van der Waals surface area (Å²) in [5.74, 6) is 1.39. The standard InChI is InChI=1S/C21H23FN4O5/c1-26(21(27)23-14-10-15(28-2)12-16(11-14)29-3)9-8-19-24-20(31-25-19)13-30-18-7-5-4-6-17(18)22/h4-7,10-12H,8-9,13H2,1-3H3,(H,23,27). The number of urea groups is 1. The fourth-order valence-corrected chi connectivity index (χ4v) is 2.62. The third-order valence-electron chi connectivity index (χ3n) is 4.32. The van der Waals surface area contributed by atoms with Gasteiger partial charge in [-0.25, -0.2) is 9.18 Å². The van der Waals surface area contributed by atoms with Crippen LogP contribution < -0.4 is 19.5 Å². The molecule has 3 aromatic rings. The normalized spacial score (nSPS) is 10.5. The molecule has 2 amide bonds. The molecule has 164 valence electrons. The van der Waals surface area contributed by atoms with Crippen LogP contribution in [-0.4, -0.2) is 48.9 Å². The van der Waals surface area contributed by atoms with Crippen molar-refractivity contribution in [1.29, 1.82) is 0 Å². The molecule has 0 radical (unpaired) electrons. The molecule has 0 aliphatic carbocycles. The average molecular weight is 430 g/mol. The van der Waals surface area contributed by atoms with Crippen LogP contribution in [0.1, 0.15) is 11.7 Å². The fraction of sp³-hybridized carbons (Fsp3) is 0.286. The van der Waals surface area contributed by atoms with Crippen LogP contribution in [0.5, 0.6) is 17.2 Å². The van der Waals surface area contributed by atoms with Gasteiger partial charge in [-0.3, -0.25) is 0 Å². The monoisotopic (exact) mass is 430 g/mol. The number of benzene rings is 2. The molecule has 0 bridgehead atoms. The minimum absolute atomic E-state index is 0.0536. The van der Waals surface area contributed by atoms with E-state index >= 15 is 0 Å². The number of hydrogen-bond donors (Lipinski definition) is 1. The summed E-state index contributed by atoms with van der Waals surface area (Å²) in [6.45, 7) is 0.294. The summed E-state index contributed by atoms with van der Waals surface area (Å²) in [6.07, 6.45) is 0.370. The summed E-state index contributed by atoms with van der Waals surface area (Å²) in [6, 6.07) is 10.8. The highest BCUT2D eigenvalue weighted by Crippen LogP contribution is 2.26. The van der Waals surface area contributed by atoms with Crippen molar-refractivity contribution in [3.8, 4) is 17.2 Å². The summed E-state index contributed by atoms with van der Waals surface area (Å²) in [7, 11) is 4.72. The van der Waals surface area contributed by atoms with E-state index in [0.29, 0.717) is 36.0 Å². The third kappa shape index (κ3) is 6.08. The lowest BCUT2D eigenvalue weighted by atomic mass is 10.3. The predicted molar refractivity (Wildman–Crippen MR) is 110 cm³/mol. The van der Waals surface area contributed by atoms with Gasteiger partial charge in [-0.1, -0.05) is 17.3 Å². The van der Waals surface area contributed by atoms with E-state index in [1.165, 1.54) is 31.3 Å². The molecule has 3 rings (SSSR count). The Morgan fingerprint density at radius 2 is 1.87 bits per heavy atom. The van der Waals surface area contributed by atoms with Gasteiger partial charge in [0, 0.05) is 43.9 Å². The van der Waals surface area contributed by atoms with Crippen LogP contribution in [0.25, 0.3) is 0 Å². The number of amides is 2. The van der Waals surface area contributed by atoms with Gasteiger partial charge in [0.05, 0.1) is 14.2 Å². The maximum Gasteiger partial charge on any atom is 0.321 e. The summed E-state index contributed by atoms with van der Waals surface area (Å²) < 4.78 is 34.4. The molecular weight excluding hydrogens is 407 g/mol. The first-order chi connectivity index (χ1) is 15.0. The maximum absolute atomic E-state index is 13.6. The Morgan fingerprint density at radius 3 is 2.55 bits per heavy atom. The Morgan fingerprint density at radius 1 is 1.16 bits per heavy atom.